The fourth-order valence-electron chi connectivity index (χ4n) is 2.50. The van der Waals surface area contributed by atoms with Crippen LogP contribution in [0, 0.1) is 11.3 Å². The van der Waals surface area contributed by atoms with Crippen LogP contribution in [0.5, 0.6) is 0 Å². The van der Waals surface area contributed by atoms with E-state index in [1.165, 1.54) is 18.8 Å². The number of piperidine rings is 1. The van der Waals surface area contributed by atoms with Gasteiger partial charge in [0.05, 0.1) is 6.61 Å². The van der Waals surface area contributed by atoms with Gasteiger partial charge in [-0.2, -0.15) is 13.3 Å². The van der Waals surface area contributed by atoms with Gasteiger partial charge in [0.1, 0.15) is 0 Å². The molecule has 0 aliphatic carbocycles. The molecule has 3 nitrogen and oxygen atoms in total. The summed E-state index contributed by atoms with van der Waals surface area (Å²) in [5.41, 5.74) is 0.358. The zero-order chi connectivity index (χ0) is 8.60. The molecule has 0 bridgehead atoms. The summed E-state index contributed by atoms with van der Waals surface area (Å²) >= 11 is 0. The molecular formula is C9H17LrN2O-. The van der Waals surface area contributed by atoms with E-state index in [0.717, 1.165) is 26.3 Å². The van der Waals surface area contributed by atoms with E-state index in [1.807, 2.05) is 5.01 Å². The topological polar surface area (TPSA) is 38.5 Å². The van der Waals surface area contributed by atoms with E-state index in [4.69, 9.17) is 10.6 Å². The molecule has 1 unspecified atom stereocenters. The molecule has 2 fully saturated rings. The smallest absolute Gasteiger partial charge is 0.0511 e. The van der Waals surface area contributed by atoms with E-state index in [9.17, 15) is 0 Å². The minimum absolute atomic E-state index is 0. The Morgan fingerprint density at radius 3 is 2.85 bits per heavy atom. The van der Waals surface area contributed by atoms with Crippen molar-refractivity contribution in [3.05, 3.63) is 5.92 Å². The van der Waals surface area contributed by atoms with Gasteiger partial charge < -0.3 is 10.7 Å². The van der Waals surface area contributed by atoms with E-state index in [-0.39, 0.29) is 0 Å². The molecule has 0 amide bonds. The first kappa shape index (κ1) is 9.96. The van der Waals surface area contributed by atoms with Crippen molar-refractivity contribution in [3.63, 3.8) is 0 Å². The van der Waals surface area contributed by atoms with E-state index < -0.39 is 0 Å². The van der Waals surface area contributed by atoms with Crippen molar-refractivity contribution in [2.24, 2.45) is 11.3 Å². The van der Waals surface area contributed by atoms with Crippen LogP contribution in [0.1, 0.15) is 19.8 Å². The monoisotopic (exact) mass is 431 g/mol. The molecule has 85 valence electrons. The molecule has 2 heterocycles. The van der Waals surface area contributed by atoms with Gasteiger partial charge in [-0.25, -0.2) is 0 Å². The summed E-state index contributed by atoms with van der Waals surface area (Å²) in [6.45, 7) is 5.98. The summed E-state index contributed by atoms with van der Waals surface area (Å²) in [5, 5.41) is 1.92. The minimum Gasteiger partial charge on any atom is -0.381 e. The summed E-state index contributed by atoms with van der Waals surface area (Å²) in [7, 11) is 0. The molecule has 2 aliphatic rings. The van der Waals surface area contributed by atoms with Crippen molar-refractivity contribution in [2.75, 3.05) is 26.3 Å². The quantitative estimate of drug-likeness (QED) is 0.451. The maximum atomic E-state index is 5.84. The third kappa shape index (κ3) is 1.79. The molecule has 2 rings (SSSR count). The van der Waals surface area contributed by atoms with Gasteiger partial charge >= 0.3 is 0 Å². The van der Waals surface area contributed by atoms with Crippen LogP contribution in [0.25, 0.3) is 0 Å². The van der Waals surface area contributed by atoms with E-state index in [2.05, 4.69) is 6.92 Å². The summed E-state index contributed by atoms with van der Waals surface area (Å²) < 4.78 is 5.44. The van der Waals surface area contributed by atoms with Crippen LogP contribution in [0.15, 0.2) is 0 Å². The second-order valence-electron chi connectivity index (χ2n) is 4.34. The molecule has 0 saturated carbocycles. The summed E-state index contributed by atoms with van der Waals surface area (Å²) in [6, 6.07) is 0. The number of nitrogens with zero attached hydrogens (tertiary/aromatic N) is 1. The van der Waals surface area contributed by atoms with Crippen molar-refractivity contribution in [3.8, 4) is 0 Å². The number of hydrogen-bond donors (Lipinski definition) is 1. The summed E-state index contributed by atoms with van der Waals surface area (Å²) in [6.07, 6.45) is 2.39. The summed E-state index contributed by atoms with van der Waals surface area (Å²) in [4.78, 5) is 0. The van der Waals surface area contributed by atoms with Crippen molar-refractivity contribution < 1.29 is 4.74 Å². The van der Waals surface area contributed by atoms with Gasteiger partial charge in [-0.05, 0) is 11.8 Å². The van der Waals surface area contributed by atoms with Crippen LogP contribution >= 0.6 is 0 Å². The Labute approximate surface area is 73.8 Å². The Morgan fingerprint density at radius 1 is 1.54 bits per heavy atom. The SMILES string of the molecule is C[C-]1CN(N)CC2(CCOC2)C1.[Lr]. The first-order valence-electron chi connectivity index (χ1n) is 4.59. The second-order valence-corrected chi connectivity index (χ2v) is 4.34. The van der Waals surface area contributed by atoms with Crippen LogP contribution in [-0.4, -0.2) is 31.3 Å². The van der Waals surface area contributed by atoms with Gasteiger partial charge in [-0.15, -0.1) is 6.54 Å². The third-order valence-electron chi connectivity index (χ3n) is 2.87. The molecule has 1 radical (unpaired) electrons. The van der Waals surface area contributed by atoms with Crippen LogP contribution in [-0.2, 0) is 4.74 Å². The fourth-order valence-corrected chi connectivity index (χ4v) is 2.50. The summed E-state index contributed by atoms with van der Waals surface area (Å²) in [5.74, 6) is 7.33. The Morgan fingerprint density at radius 2 is 2.31 bits per heavy atom. The Kier molecular flexibility index (Phi) is 2.55. The molecule has 2 N–H and O–H groups in total. The first-order valence-corrected chi connectivity index (χ1v) is 4.59. The Bertz CT molecular complexity index is 159. The van der Waals surface area contributed by atoms with Crippen molar-refractivity contribution in [1.82, 2.24) is 5.01 Å². The molecule has 1 spiro atoms. The van der Waals surface area contributed by atoms with Crippen molar-refractivity contribution in [1.29, 1.82) is 0 Å². The molecular weight excluding hydrogens is 414 g/mol. The first-order chi connectivity index (χ1) is 5.70. The van der Waals surface area contributed by atoms with Gasteiger partial charge in [-0.3, -0.25) is 10.9 Å². The normalized spacial score (nSPS) is 36.5. The number of nitrogens with two attached hydrogens (primary N) is 1. The predicted molar refractivity (Wildman–Crippen MR) is 47.2 cm³/mol. The zero-order valence-electron chi connectivity index (χ0n) is 7.93. The van der Waals surface area contributed by atoms with Gasteiger partial charge in [-0.1, -0.05) is 0 Å². The van der Waals surface area contributed by atoms with E-state index in [0.29, 0.717) is 5.41 Å². The van der Waals surface area contributed by atoms with Crippen LogP contribution in [0.4, 0.5) is 0 Å². The number of ether oxygens (including phenoxy) is 1. The second kappa shape index (κ2) is 3.32. The van der Waals surface area contributed by atoms with Crippen LogP contribution < -0.4 is 5.84 Å². The Balaban J connectivity index is 0.000000845. The van der Waals surface area contributed by atoms with Crippen molar-refractivity contribution in [2.45, 2.75) is 19.8 Å². The number of hydrogen-bond acceptors (Lipinski definition) is 3. The molecule has 4 heteroatoms. The van der Waals surface area contributed by atoms with Gasteiger partial charge in [0.15, 0.2) is 0 Å². The molecule has 2 aliphatic heterocycles. The molecule has 0 aromatic carbocycles. The van der Waals surface area contributed by atoms with Gasteiger partial charge in [0.2, 0.25) is 0 Å². The van der Waals surface area contributed by atoms with Gasteiger partial charge in [0.25, 0.3) is 0 Å². The number of rotatable bonds is 0. The fraction of sp³-hybridized carbons (Fsp3) is 0.889. The Hall–Kier alpha value is -1.12. The predicted octanol–water partition coefficient (Wildman–Crippen LogP) is 0.567. The third-order valence-corrected chi connectivity index (χ3v) is 2.87. The maximum Gasteiger partial charge on any atom is 0.0511 e. The molecule has 1 atom stereocenters. The zero-order valence-corrected chi connectivity index (χ0v) is 10.1. The van der Waals surface area contributed by atoms with E-state index in [1.54, 1.807) is 0 Å². The van der Waals surface area contributed by atoms with E-state index >= 15 is 0 Å². The number of hydrazine groups is 1. The van der Waals surface area contributed by atoms with Crippen LogP contribution in [0.3, 0.4) is 0 Å². The van der Waals surface area contributed by atoms with Crippen molar-refractivity contribution >= 4 is 0 Å². The van der Waals surface area contributed by atoms with Crippen LogP contribution in [0.2, 0.25) is 0 Å². The standard InChI is InChI=1S/C9H17N2O.Lr/c1-8-4-9(2-3-12-7-9)6-11(10)5-8;/h2-7,10H2,1H3;/q-1;. The largest absolute Gasteiger partial charge is 0.381 e. The molecule has 0 aromatic rings. The average Bonchev–Trinajstić information content (AvgIpc) is 2.33. The maximum absolute atomic E-state index is 5.84. The molecule has 13 heavy (non-hydrogen) atoms. The molecule has 2 saturated heterocycles. The van der Waals surface area contributed by atoms with Gasteiger partial charge in [0, 0.05) is 13.2 Å². The molecule has 0 aromatic heterocycles. The average molecular weight is 431 g/mol. The minimum atomic E-state index is 0.